The molecule has 0 unspecified atom stereocenters. The van der Waals surface area contributed by atoms with Crippen molar-refractivity contribution in [2.45, 2.75) is 65.1 Å². The van der Waals surface area contributed by atoms with Gasteiger partial charge in [0, 0.05) is 38.3 Å². The predicted molar refractivity (Wildman–Crippen MR) is 110 cm³/mol. The van der Waals surface area contributed by atoms with Crippen LogP contribution in [0.5, 0.6) is 5.75 Å². The second kappa shape index (κ2) is 9.81. The molecular weight excluding hydrogens is 324 g/mol. The highest BCUT2D eigenvalue weighted by Gasteiger charge is 2.19. The monoisotopic (exact) mass is 360 g/mol. The van der Waals surface area contributed by atoms with Crippen LogP contribution < -0.4 is 15.4 Å². The molecule has 0 bridgehead atoms. The van der Waals surface area contributed by atoms with Gasteiger partial charge in [-0.3, -0.25) is 4.99 Å². The first-order valence-corrected chi connectivity index (χ1v) is 9.87. The zero-order valence-corrected chi connectivity index (χ0v) is 17.1. The van der Waals surface area contributed by atoms with Gasteiger partial charge in [-0.25, -0.2) is 0 Å². The number of rotatable bonds is 6. The van der Waals surface area contributed by atoms with Crippen LogP contribution in [0.1, 0.15) is 52.5 Å². The number of hydrogen-bond donors (Lipinski definition) is 2. The van der Waals surface area contributed by atoms with Crippen LogP contribution in [-0.4, -0.2) is 49.2 Å². The lowest BCUT2D eigenvalue weighted by molar-refractivity contribution is 0.129. The number of para-hydroxylation sites is 1. The molecule has 1 aliphatic heterocycles. The molecule has 0 aromatic heterocycles. The van der Waals surface area contributed by atoms with Crippen molar-refractivity contribution < 1.29 is 4.74 Å². The maximum atomic E-state index is 6.08. The summed E-state index contributed by atoms with van der Waals surface area (Å²) in [6, 6.07) is 8.69. The van der Waals surface area contributed by atoms with Gasteiger partial charge in [-0.2, -0.15) is 0 Å². The van der Waals surface area contributed by atoms with Crippen LogP contribution in [0.2, 0.25) is 0 Å². The van der Waals surface area contributed by atoms with Crippen LogP contribution in [-0.2, 0) is 6.54 Å². The molecule has 1 heterocycles. The van der Waals surface area contributed by atoms with Crippen molar-refractivity contribution in [3.63, 3.8) is 0 Å². The lowest BCUT2D eigenvalue weighted by atomic mass is 10.1. The number of aliphatic imine (C=N–C) groups is 1. The molecule has 2 N–H and O–H groups in total. The molecular formula is C21H36N4O. The molecule has 0 atom stereocenters. The minimum absolute atomic E-state index is 0.206. The molecule has 0 amide bonds. The van der Waals surface area contributed by atoms with Gasteiger partial charge in [0.1, 0.15) is 11.4 Å². The molecule has 1 aliphatic rings. The number of guanidine groups is 1. The Bertz CT molecular complexity index is 572. The van der Waals surface area contributed by atoms with Crippen LogP contribution >= 0.6 is 0 Å². The Morgan fingerprint density at radius 2 is 1.92 bits per heavy atom. The lowest BCUT2D eigenvalue weighted by Gasteiger charge is -2.32. The third kappa shape index (κ3) is 6.87. The van der Waals surface area contributed by atoms with E-state index in [4.69, 9.17) is 4.74 Å². The standard InChI is InChI=1S/C21H36N4O/c1-6-13-25-14-11-18(12-15-25)24-20(22-5)23-16-17-9-7-8-10-19(17)26-21(2,3)4/h7-10,18H,6,11-16H2,1-5H3,(H2,22,23,24). The highest BCUT2D eigenvalue weighted by molar-refractivity contribution is 5.80. The van der Waals surface area contributed by atoms with Crippen molar-refractivity contribution in [1.82, 2.24) is 15.5 Å². The Morgan fingerprint density at radius 1 is 1.23 bits per heavy atom. The molecule has 26 heavy (non-hydrogen) atoms. The molecule has 1 aromatic carbocycles. The summed E-state index contributed by atoms with van der Waals surface area (Å²) in [5.41, 5.74) is 0.936. The van der Waals surface area contributed by atoms with Crippen molar-refractivity contribution in [3.05, 3.63) is 29.8 Å². The summed E-state index contributed by atoms with van der Waals surface area (Å²) in [6.07, 6.45) is 3.58. The zero-order valence-electron chi connectivity index (χ0n) is 17.1. The molecule has 1 fully saturated rings. The number of nitrogens with zero attached hydrogens (tertiary/aromatic N) is 2. The number of piperidine rings is 1. The van der Waals surface area contributed by atoms with Crippen LogP contribution in [0.3, 0.4) is 0 Å². The lowest BCUT2D eigenvalue weighted by Crippen LogP contribution is -2.48. The van der Waals surface area contributed by atoms with Gasteiger partial charge in [0.15, 0.2) is 5.96 Å². The number of hydrogen-bond acceptors (Lipinski definition) is 3. The smallest absolute Gasteiger partial charge is 0.191 e. The Balaban J connectivity index is 1.86. The molecule has 0 radical (unpaired) electrons. The molecule has 1 aromatic rings. The van der Waals surface area contributed by atoms with Crippen molar-refractivity contribution in [3.8, 4) is 5.75 Å². The SMILES string of the molecule is CCCN1CCC(NC(=NC)NCc2ccccc2OC(C)(C)C)CC1. The molecule has 0 aliphatic carbocycles. The van der Waals surface area contributed by atoms with E-state index in [0.29, 0.717) is 12.6 Å². The van der Waals surface area contributed by atoms with Crippen LogP contribution in [0.4, 0.5) is 0 Å². The Hall–Kier alpha value is -1.75. The van der Waals surface area contributed by atoms with Crippen molar-refractivity contribution in [2.75, 3.05) is 26.7 Å². The topological polar surface area (TPSA) is 48.9 Å². The van der Waals surface area contributed by atoms with Gasteiger partial charge in [0.05, 0.1) is 0 Å². The van der Waals surface area contributed by atoms with Crippen molar-refractivity contribution >= 4 is 5.96 Å². The fourth-order valence-corrected chi connectivity index (χ4v) is 3.26. The Morgan fingerprint density at radius 3 is 2.54 bits per heavy atom. The van der Waals surface area contributed by atoms with Crippen LogP contribution in [0.25, 0.3) is 0 Å². The molecule has 5 nitrogen and oxygen atoms in total. The average Bonchev–Trinajstić information content (AvgIpc) is 2.60. The fourth-order valence-electron chi connectivity index (χ4n) is 3.26. The van der Waals surface area contributed by atoms with Gasteiger partial charge in [-0.15, -0.1) is 0 Å². The largest absolute Gasteiger partial charge is 0.488 e. The fraction of sp³-hybridized carbons (Fsp3) is 0.667. The van der Waals surface area contributed by atoms with Gasteiger partial charge >= 0.3 is 0 Å². The van der Waals surface area contributed by atoms with E-state index >= 15 is 0 Å². The third-order valence-electron chi connectivity index (χ3n) is 4.53. The second-order valence-electron chi connectivity index (χ2n) is 8.01. The van der Waals surface area contributed by atoms with Gasteiger partial charge in [0.2, 0.25) is 0 Å². The Labute approximate surface area is 159 Å². The van der Waals surface area contributed by atoms with E-state index in [2.05, 4.69) is 54.3 Å². The maximum absolute atomic E-state index is 6.08. The van der Waals surface area contributed by atoms with E-state index in [1.54, 1.807) is 0 Å². The van der Waals surface area contributed by atoms with E-state index in [0.717, 1.165) is 17.3 Å². The first kappa shape index (κ1) is 20.6. The first-order chi connectivity index (χ1) is 12.4. The molecule has 5 heteroatoms. The minimum Gasteiger partial charge on any atom is -0.488 e. The van der Waals surface area contributed by atoms with Gasteiger partial charge < -0.3 is 20.3 Å². The van der Waals surface area contributed by atoms with Crippen LogP contribution in [0.15, 0.2) is 29.3 Å². The zero-order chi connectivity index (χ0) is 19.0. The predicted octanol–water partition coefficient (Wildman–Crippen LogP) is 3.40. The quantitative estimate of drug-likeness (QED) is 0.603. The van der Waals surface area contributed by atoms with Gasteiger partial charge in [-0.1, -0.05) is 25.1 Å². The van der Waals surface area contributed by atoms with Gasteiger partial charge in [-0.05, 0) is 52.6 Å². The third-order valence-corrected chi connectivity index (χ3v) is 4.53. The van der Waals surface area contributed by atoms with Crippen molar-refractivity contribution in [2.24, 2.45) is 4.99 Å². The molecule has 0 spiro atoms. The van der Waals surface area contributed by atoms with Crippen LogP contribution in [0, 0.1) is 0 Å². The number of likely N-dealkylation sites (tertiary alicyclic amines) is 1. The van der Waals surface area contributed by atoms with E-state index in [-0.39, 0.29) is 5.60 Å². The first-order valence-electron chi connectivity index (χ1n) is 9.87. The maximum Gasteiger partial charge on any atom is 0.191 e. The summed E-state index contributed by atoms with van der Waals surface area (Å²) in [4.78, 5) is 6.95. The van der Waals surface area contributed by atoms with Gasteiger partial charge in [0.25, 0.3) is 0 Å². The highest BCUT2D eigenvalue weighted by Crippen LogP contribution is 2.22. The Kier molecular flexibility index (Phi) is 7.76. The summed E-state index contributed by atoms with van der Waals surface area (Å²) in [5, 5.41) is 7.02. The summed E-state index contributed by atoms with van der Waals surface area (Å²) < 4.78 is 6.08. The number of benzene rings is 1. The summed E-state index contributed by atoms with van der Waals surface area (Å²) in [7, 11) is 1.83. The number of nitrogens with one attached hydrogen (secondary N) is 2. The summed E-state index contributed by atoms with van der Waals surface area (Å²) in [6.45, 7) is 12.7. The molecule has 0 saturated carbocycles. The highest BCUT2D eigenvalue weighted by atomic mass is 16.5. The molecule has 146 valence electrons. The van der Waals surface area contributed by atoms with E-state index in [9.17, 15) is 0 Å². The van der Waals surface area contributed by atoms with E-state index in [1.165, 1.54) is 38.9 Å². The minimum atomic E-state index is -0.206. The summed E-state index contributed by atoms with van der Waals surface area (Å²) in [5.74, 6) is 1.79. The average molecular weight is 361 g/mol. The molecule has 2 rings (SSSR count). The van der Waals surface area contributed by atoms with Crippen molar-refractivity contribution in [1.29, 1.82) is 0 Å². The van der Waals surface area contributed by atoms with E-state index in [1.807, 2.05) is 25.2 Å². The summed E-state index contributed by atoms with van der Waals surface area (Å²) >= 11 is 0. The normalized spacial score (nSPS) is 17.2. The number of ether oxygens (including phenoxy) is 1. The van der Waals surface area contributed by atoms with E-state index < -0.39 is 0 Å². The second-order valence-corrected chi connectivity index (χ2v) is 8.01. The molecule has 1 saturated heterocycles.